The van der Waals surface area contributed by atoms with Crippen LogP contribution in [-0.4, -0.2) is 16.9 Å². The Bertz CT molecular complexity index is 613. The quantitative estimate of drug-likeness (QED) is 0.804. The zero-order valence-electron chi connectivity index (χ0n) is 11.8. The molecule has 6 heteroatoms. The van der Waals surface area contributed by atoms with Crippen LogP contribution >= 0.6 is 11.3 Å². The first-order chi connectivity index (χ1) is 10.2. The summed E-state index contributed by atoms with van der Waals surface area (Å²) in [5, 5.41) is 5.86. The molecule has 0 aliphatic carbocycles. The highest BCUT2D eigenvalue weighted by Crippen LogP contribution is 2.21. The van der Waals surface area contributed by atoms with E-state index in [0.717, 1.165) is 17.1 Å². The molecule has 1 aromatic carbocycles. The van der Waals surface area contributed by atoms with Crippen molar-refractivity contribution in [3.05, 3.63) is 52.0 Å². The van der Waals surface area contributed by atoms with Crippen LogP contribution in [0.25, 0.3) is 0 Å². The van der Waals surface area contributed by atoms with Gasteiger partial charge in [0.05, 0.1) is 6.54 Å². The molecular weight excluding hydrogens is 284 g/mol. The Balaban J connectivity index is 1.52. The number of amides is 1. The highest BCUT2D eigenvalue weighted by molar-refractivity contribution is 7.09. The first-order valence-corrected chi connectivity index (χ1v) is 7.85. The Hall–Kier alpha value is -1.76. The molecule has 110 valence electrons. The van der Waals surface area contributed by atoms with Gasteiger partial charge in [-0.15, -0.1) is 11.3 Å². The summed E-state index contributed by atoms with van der Waals surface area (Å²) in [4.78, 5) is 16.5. The maximum atomic E-state index is 12.2. The van der Waals surface area contributed by atoms with Crippen LogP contribution in [0.15, 0.2) is 35.7 Å². The monoisotopic (exact) mass is 302 g/mol. The molecule has 1 fully saturated rings. The normalized spacial score (nSPS) is 21.4. The van der Waals surface area contributed by atoms with E-state index in [1.165, 1.54) is 5.56 Å². The lowest BCUT2D eigenvalue weighted by Gasteiger charge is -2.09. The third-order valence-electron chi connectivity index (χ3n) is 3.50. The molecule has 5 nitrogen and oxygen atoms in total. The first-order valence-electron chi connectivity index (χ1n) is 6.97. The van der Waals surface area contributed by atoms with E-state index in [4.69, 9.17) is 0 Å². The number of aromatic nitrogens is 1. The number of carbonyl (C=O) groups excluding carboxylic acids is 1. The fourth-order valence-electron chi connectivity index (χ4n) is 2.40. The van der Waals surface area contributed by atoms with Crippen molar-refractivity contribution in [2.45, 2.75) is 32.0 Å². The van der Waals surface area contributed by atoms with E-state index in [2.05, 4.69) is 33.3 Å². The van der Waals surface area contributed by atoms with E-state index in [1.807, 2.05) is 30.5 Å². The van der Waals surface area contributed by atoms with Gasteiger partial charge >= 0.3 is 0 Å². The van der Waals surface area contributed by atoms with Crippen LogP contribution in [0.2, 0.25) is 0 Å². The lowest BCUT2D eigenvalue weighted by atomic mass is 10.0. The number of nitrogens with zero attached hydrogens (tertiary/aromatic N) is 1. The van der Waals surface area contributed by atoms with Gasteiger partial charge in [0.1, 0.15) is 11.0 Å². The number of nitrogens with one attached hydrogen (secondary N) is 3. The minimum Gasteiger partial charge on any atom is -0.348 e. The predicted octanol–water partition coefficient (Wildman–Crippen LogP) is 1.68. The summed E-state index contributed by atoms with van der Waals surface area (Å²) in [6, 6.07) is 10.1. The molecule has 2 atom stereocenters. The van der Waals surface area contributed by atoms with Gasteiger partial charge in [0.15, 0.2) is 0 Å². The van der Waals surface area contributed by atoms with Crippen LogP contribution in [0.4, 0.5) is 0 Å². The van der Waals surface area contributed by atoms with Crippen molar-refractivity contribution >= 4 is 17.2 Å². The predicted molar refractivity (Wildman–Crippen MR) is 82.6 cm³/mol. The minimum atomic E-state index is -0.212. The molecule has 1 aromatic heterocycles. The molecule has 3 rings (SSSR count). The number of hydrogen-bond acceptors (Lipinski definition) is 5. The largest absolute Gasteiger partial charge is 0.348 e. The number of rotatable bonds is 4. The van der Waals surface area contributed by atoms with Crippen molar-refractivity contribution in [2.75, 3.05) is 0 Å². The molecule has 0 spiro atoms. The average Bonchev–Trinajstić information content (AvgIpc) is 3.15. The van der Waals surface area contributed by atoms with E-state index >= 15 is 0 Å². The van der Waals surface area contributed by atoms with Gasteiger partial charge in [-0.2, -0.15) is 0 Å². The van der Waals surface area contributed by atoms with Crippen molar-refractivity contribution in [1.82, 2.24) is 21.2 Å². The van der Waals surface area contributed by atoms with E-state index in [1.54, 1.807) is 11.3 Å². The Kier molecular flexibility index (Phi) is 4.28. The molecule has 21 heavy (non-hydrogen) atoms. The standard InChI is InChI=1S/C15H18N4OS/c1-10-9-21-14(17-10)8-16-15(20)13-7-12(18-19-13)11-5-3-2-4-6-11/h2-6,9,12-13,18-19H,7-8H2,1H3,(H,16,20). The second-order valence-corrected chi connectivity index (χ2v) is 6.08. The molecule has 1 aliphatic rings. The summed E-state index contributed by atoms with van der Waals surface area (Å²) >= 11 is 1.57. The minimum absolute atomic E-state index is 0.00813. The SMILES string of the molecule is Cc1csc(CNC(=O)C2CC(c3ccccc3)NN2)n1. The van der Waals surface area contributed by atoms with Crippen molar-refractivity contribution in [2.24, 2.45) is 0 Å². The fourth-order valence-corrected chi connectivity index (χ4v) is 3.11. The summed E-state index contributed by atoms with van der Waals surface area (Å²) in [5.41, 5.74) is 8.43. The third kappa shape index (κ3) is 3.47. The van der Waals surface area contributed by atoms with Crippen molar-refractivity contribution in [1.29, 1.82) is 0 Å². The maximum absolute atomic E-state index is 12.2. The van der Waals surface area contributed by atoms with E-state index < -0.39 is 0 Å². The molecule has 3 N–H and O–H groups in total. The molecule has 0 saturated carbocycles. The van der Waals surface area contributed by atoms with Gasteiger partial charge < -0.3 is 5.32 Å². The number of aryl methyl sites for hydroxylation is 1. The van der Waals surface area contributed by atoms with Gasteiger partial charge in [0.25, 0.3) is 0 Å². The van der Waals surface area contributed by atoms with Gasteiger partial charge in [-0.1, -0.05) is 30.3 Å². The van der Waals surface area contributed by atoms with Crippen molar-refractivity contribution in [3.8, 4) is 0 Å². The van der Waals surface area contributed by atoms with Crippen LogP contribution in [0.5, 0.6) is 0 Å². The summed E-state index contributed by atoms with van der Waals surface area (Å²) in [5.74, 6) is 0.00813. The molecule has 1 amide bonds. The fraction of sp³-hybridized carbons (Fsp3) is 0.333. The van der Waals surface area contributed by atoms with Crippen LogP contribution in [0.1, 0.15) is 28.7 Å². The molecule has 0 bridgehead atoms. The number of carbonyl (C=O) groups is 1. The molecule has 0 radical (unpaired) electrons. The van der Waals surface area contributed by atoms with Gasteiger partial charge in [-0.25, -0.2) is 15.8 Å². The van der Waals surface area contributed by atoms with Gasteiger partial charge in [-0.3, -0.25) is 4.79 Å². The summed E-state index contributed by atoms with van der Waals surface area (Å²) in [6.07, 6.45) is 0.743. The topological polar surface area (TPSA) is 66.1 Å². The Morgan fingerprint density at radius 3 is 2.90 bits per heavy atom. The molecule has 2 heterocycles. The molecule has 2 unspecified atom stereocenters. The van der Waals surface area contributed by atoms with Crippen LogP contribution in [0, 0.1) is 6.92 Å². The highest BCUT2D eigenvalue weighted by Gasteiger charge is 2.29. The number of benzene rings is 1. The zero-order chi connectivity index (χ0) is 14.7. The maximum Gasteiger partial charge on any atom is 0.238 e. The van der Waals surface area contributed by atoms with Crippen LogP contribution in [-0.2, 0) is 11.3 Å². The van der Waals surface area contributed by atoms with E-state index in [9.17, 15) is 4.79 Å². The Morgan fingerprint density at radius 1 is 1.38 bits per heavy atom. The van der Waals surface area contributed by atoms with Gasteiger partial charge in [-0.05, 0) is 18.9 Å². The molecular formula is C15H18N4OS. The second-order valence-electron chi connectivity index (χ2n) is 5.14. The van der Waals surface area contributed by atoms with Gasteiger partial charge in [0.2, 0.25) is 5.91 Å². The smallest absolute Gasteiger partial charge is 0.238 e. The Morgan fingerprint density at radius 2 is 2.19 bits per heavy atom. The average molecular weight is 302 g/mol. The van der Waals surface area contributed by atoms with E-state index in [-0.39, 0.29) is 18.0 Å². The number of hydrogen-bond donors (Lipinski definition) is 3. The van der Waals surface area contributed by atoms with Crippen molar-refractivity contribution < 1.29 is 4.79 Å². The first kappa shape index (κ1) is 14.2. The van der Waals surface area contributed by atoms with Crippen molar-refractivity contribution in [3.63, 3.8) is 0 Å². The van der Waals surface area contributed by atoms with Crippen LogP contribution < -0.4 is 16.2 Å². The lowest BCUT2D eigenvalue weighted by Crippen LogP contribution is -2.42. The number of thiazole rings is 1. The summed E-state index contributed by atoms with van der Waals surface area (Å²) in [6.45, 7) is 2.44. The summed E-state index contributed by atoms with van der Waals surface area (Å²) < 4.78 is 0. The Labute approximate surface area is 127 Å². The molecule has 2 aromatic rings. The second kappa shape index (κ2) is 6.34. The lowest BCUT2D eigenvalue weighted by molar-refractivity contribution is -0.123. The van der Waals surface area contributed by atoms with Crippen LogP contribution in [0.3, 0.4) is 0 Å². The zero-order valence-corrected chi connectivity index (χ0v) is 12.6. The molecule has 1 saturated heterocycles. The van der Waals surface area contributed by atoms with E-state index in [0.29, 0.717) is 6.54 Å². The highest BCUT2D eigenvalue weighted by atomic mass is 32.1. The number of hydrazine groups is 1. The summed E-state index contributed by atoms with van der Waals surface area (Å²) in [7, 11) is 0. The molecule has 1 aliphatic heterocycles. The van der Waals surface area contributed by atoms with Gasteiger partial charge in [0, 0.05) is 17.1 Å². The third-order valence-corrected chi connectivity index (χ3v) is 4.47.